The van der Waals surface area contributed by atoms with Crippen molar-refractivity contribution in [3.8, 4) is 17.2 Å². The van der Waals surface area contributed by atoms with Gasteiger partial charge in [-0.2, -0.15) is 5.26 Å². The summed E-state index contributed by atoms with van der Waals surface area (Å²) in [6.07, 6.45) is 0.120. The SMILES string of the molecule is N#Cc1cccc(C2=Nc3ccc(-c4ccc(F)cc4)cc3NC(=O)C2)c1. The van der Waals surface area contributed by atoms with E-state index in [2.05, 4.69) is 16.4 Å². The third-order valence-corrected chi connectivity index (χ3v) is 4.36. The van der Waals surface area contributed by atoms with Crippen LogP contribution in [0.2, 0.25) is 0 Å². The molecule has 1 aliphatic rings. The van der Waals surface area contributed by atoms with Gasteiger partial charge in [0.15, 0.2) is 0 Å². The smallest absolute Gasteiger partial charge is 0.230 e. The maximum Gasteiger partial charge on any atom is 0.230 e. The van der Waals surface area contributed by atoms with Crippen LogP contribution in [0.1, 0.15) is 17.5 Å². The largest absolute Gasteiger partial charge is 0.324 e. The van der Waals surface area contributed by atoms with E-state index < -0.39 is 0 Å². The zero-order valence-corrected chi connectivity index (χ0v) is 14.2. The first kappa shape index (κ1) is 16.7. The van der Waals surface area contributed by atoms with E-state index in [4.69, 9.17) is 5.26 Å². The van der Waals surface area contributed by atoms with Gasteiger partial charge in [0.2, 0.25) is 5.91 Å². The summed E-state index contributed by atoms with van der Waals surface area (Å²) in [6, 6.07) is 20.9. The topological polar surface area (TPSA) is 65.2 Å². The van der Waals surface area contributed by atoms with Gasteiger partial charge in [0.25, 0.3) is 0 Å². The van der Waals surface area contributed by atoms with E-state index in [9.17, 15) is 9.18 Å². The quantitative estimate of drug-likeness (QED) is 0.716. The van der Waals surface area contributed by atoms with Gasteiger partial charge in [0.05, 0.1) is 35.1 Å². The fraction of sp³-hybridized carbons (Fsp3) is 0.0455. The predicted octanol–water partition coefficient (Wildman–Crippen LogP) is 4.83. The van der Waals surface area contributed by atoms with Gasteiger partial charge in [-0.1, -0.05) is 30.3 Å². The molecule has 0 atom stereocenters. The molecule has 4 nitrogen and oxygen atoms in total. The second-order valence-electron chi connectivity index (χ2n) is 6.21. The third-order valence-electron chi connectivity index (χ3n) is 4.36. The van der Waals surface area contributed by atoms with Crippen molar-refractivity contribution in [1.29, 1.82) is 5.26 Å². The van der Waals surface area contributed by atoms with E-state index in [1.54, 1.807) is 30.3 Å². The van der Waals surface area contributed by atoms with Crippen LogP contribution in [0.3, 0.4) is 0 Å². The molecule has 1 amide bonds. The zero-order chi connectivity index (χ0) is 18.8. The summed E-state index contributed by atoms with van der Waals surface area (Å²) in [5, 5.41) is 12.0. The highest BCUT2D eigenvalue weighted by molar-refractivity contribution is 6.17. The van der Waals surface area contributed by atoms with Crippen molar-refractivity contribution < 1.29 is 9.18 Å². The van der Waals surface area contributed by atoms with E-state index in [-0.39, 0.29) is 18.1 Å². The summed E-state index contributed by atoms with van der Waals surface area (Å²) in [6.45, 7) is 0. The summed E-state index contributed by atoms with van der Waals surface area (Å²) in [5.74, 6) is -0.471. The summed E-state index contributed by atoms with van der Waals surface area (Å²) in [5.41, 5.74) is 4.84. The summed E-state index contributed by atoms with van der Waals surface area (Å²) >= 11 is 0. The molecule has 0 saturated heterocycles. The first-order valence-corrected chi connectivity index (χ1v) is 8.40. The molecule has 27 heavy (non-hydrogen) atoms. The average molecular weight is 355 g/mol. The lowest BCUT2D eigenvalue weighted by molar-refractivity contribution is -0.115. The van der Waals surface area contributed by atoms with E-state index in [1.807, 2.05) is 24.3 Å². The Hall–Kier alpha value is -3.78. The van der Waals surface area contributed by atoms with Gasteiger partial charge < -0.3 is 5.32 Å². The number of hydrogen-bond donors (Lipinski definition) is 1. The lowest BCUT2D eigenvalue weighted by Gasteiger charge is -2.08. The van der Waals surface area contributed by atoms with Gasteiger partial charge in [0, 0.05) is 0 Å². The molecule has 0 bridgehead atoms. The minimum Gasteiger partial charge on any atom is -0.324 e. The highest BCUT2D eigenvalue weighted by Crippen LogP contribution is 2.33. The minimum atomic E-state index is -0.296. The number of nitriles is 1. The number of nitrogens with one attached hydrogen (secondary N) is 1. The normalized spacial score (nSPS) is 13.0. The number of amides is 1. The summed E-state index contributed by atoms with van der Waals surface area (Å²) < 4.78 is 13.1. The van der Waals surface area contributed by atoms with Crippen LogP contribution >= 0.6 is 0 Å². The molecule has 3 aromatic carbocycles. The fourth-order valence-corrected chi connectivity index (χ4v) is 3.02. The molecule has 4 rings (SSSR count). The molecule has 0 radical (unpaired) electrons. The molecule has 0 saturated carbocycles. The van der Waals surface area contributed by atoms with Crippen LogP contribution in [0.5, 0.6) is 0 Å². The molecule has 0 aliphatic carbocycles. The standard InChI is InChI=1S/C22H14FN3O/c23-18-7-4-15(5-8-18)16-6-9-19-21(11-16)26-22(27)12-20(25-19)17-3-1-2-14(10-17)13-24/h1-11H,12H2,(H,26,27). The Morgan fingerprint density at radius 2 is 1.74 bits per heavy atom. The van der Waals surface area contributed by atoms with E-state index in [0.29, 0.717) is 22.6 Å². The van der Waals surface area contributed by atoms with E-state index in [0.717, 1.165) is 16.7 Å². The Labute approximate surface area is 155 Å². The highest BCUT2D eigenvalue weighted by Gasteiger charge is 2.18. The number of carbonyl (C=O) groups is 1. The number of halogens is 1. The molecule has 0 aromatic heterocycles. The van der Waals surface area contributed by atoms with Gasteiger partial charge in [-0.3, -0.25) is 9.79 Å². The number of hydrogen-bond acceptors (Lipinski definition) is 3. The lowest BCUT2D eigenvalue weighted by atomic mass is 10.0. The number of rotatable bonds is 2. The Bertz CT molecular complexity index is 1110. The number of aliphatic imine (C=N–C) groups is 1. The maximum absolute atomic E-state index is 13.1. The molecule has 0 fully saturated rings. The molecule has 5 heteroatoms. The molecule has 1 aliphatic heterocycles. The molecule has 1 N–H and O–H groups in total. The molecule has 3 aromatic rings. The molecular formula is C22H14FN3O. The number of anilines is 1. The van der Waals surface area contributed by atoms with E-state index in [1.165, 1.54) is 12.1 Å². The number of carbonyl (C=O) groups excluding carboxylic acids is 1. The van der Waals surface area contributed by atoms with Crippen molar-refractivity contribution in [2.75, 3.05) is 5.32 Å². The monoisotopic (exact) mass is 355 g/mol. The molecule has 1 heterocycles. The Balaban J connectivity index is 1.76. The predicted molar refractivity (Wildman–Crippen MR) is 102 cm³/mol. The number of nitrogens with zero attached hydrogens (tertiary/aromatic N) is 2. The molecular weight excluding hydrogens is 341 g/mol. The fourth-order valence-electron chi connectivity index (χ4n) is 3.02. The Kier molecular flexibility index (Phi) is 4.23. The van der Waals surface area contributed by atoms with Gasteiger partial charge in [-0.15, -0.1) is 0 Å². The van der Waals surface area contributed by atoms with Crippen molar-refractivity contribution in [3.05, 3.63) is 83.7 Å². The maximum atomic E-state index is 13.1. The van der Waals surface area contributed by atoms with Gasteiger partial charge in [0.1, 0.15) is 5.82 Å². The van der Waals surface area contributed by atoms with Crippen LogP contribution in [-0.2, 0) is 4.79 Å². The second kappa shape index (κ2) is 6.85. The van der Waals surface area contributed by atoms with Crippen LogP contribution in [0.15, 0.2) is 71.7 Å². The van der Waals surface area contributed by atoms with Crippen LogP contribution in [0.4, 0.5) is 15.8 Å². The zero-order valence-electron chi connectivity index (χ0n) is 14.2. The van der Waals surface area contributed by atoms with Crippen molar-refractivity contribution in [1.82, 2.24) is 0 Å². The van der Waals surface area contributed by atoms with Crippen molar-refractivity contribution in [3.63, 3.8) is 0 Å². The van der Waals surface area contributed by atoms with E-state index >= 15 is 0 Å². The van der Waals surface area contributed by atoms with Crippen LogP contribution in [-0.4, -0.2) is 11.6 Å². The Morgan fingerprint density at radius 3 is 2.52 bits per heavy atom. The first-order valence-electron chi connectivity index (χ1n) is 8.40. The first-order chi connectivity index (χ1) is 13.1. The lowest BCUT2D eigenvalue weighted by Crippen LogP contribution is -2.15. The van der Waals surface area contributed by atoms with Crippen molar-refractivity contribution in [2.24, 2.45) is 4.99 Å². The van der Waals surface area contributed by atoms with Crippen LogP contribution in [0, 0.1) is 17.1 Å². The van der Waals surface area contributed by atoms with Crippen molar-refractivity contribution >= 4 is 23.0 Å². The van der Waals surface area contributed by atoms with Crippen LogP contribution in [0.25, 0.3) is 11.1 Å². The second-order valence-corrected chi connectivity index (χ2v) is 6.21. The van der Waals surface area contributed by atoms with Crippen molar-refractivity contribution in [2.45, 2.75) is 6.42 Å². The average Bonchev–Trinajstić information content (AvgIpc) is 2.86. The summed E-state index contributed by atoms with van der Waals surface area (Å²) in [4.78, 5) is 17.0. The van der Waals surface area contributed by atoms with Gasteiger partial charge >= 0.3 is 0 Å². The molecule has 130 valence electrons. The van der Waals surface area contributed by atoms with Gasteiger partial charge in [-0.05, 0) is 53.1 Å². The van der Waals surface area contributed by atoms with Gasteiger partial charge in [-0.25, -0.2) is 4.39 Å². The molecule has 0 unspecified atom stereocenters. The minimum absolute atomic E-state index is 0.120. The third kappa shape index (κ3) is 3.46. The molecule has 0 spiro atoms. The Morgan fingerprint density at radius 1 is 0.963 bits per heavy atom. The summed E-state index contributed by atoms with van der Waals surface area (Å²) in [7, 11) is 0. The highest BCUT2D eigenvalue weighted by atomic mass is 19.1. The number of benzene rings is 3. The van der Waals surface area contributed by atoms with Crippen LogP contribution < -0.4 is 5.32 Å². The number of fused-ring (bicyclic) bond motifs is 1.